The predicted molar refractivity (Wildman–Crippen MR) is 132 cm³/mol. The number of H-pyrrole nitrogens is 1. The Kier molecular flexibility index (Phi) is 7.32. The van der Waals surface area contributed by atoms with Crippen LogP contribution in [0.2, 0.25) is 0 Å². The molecule has 2 N–H and O–H groups in total. The molecular weight excluding hydrogens is 444 g/mol. The van der Waals surface area contributed by atoms with E-state index in [1.165, 1.54) is 18.9 Å². The Bertz CT molecular complexity index is 1330. The van der Waals surface area contributed by atoms with Crippen LogP contribution in [0.5, 0.6) is 5.75 Å². The third-order valence-electron chi connectivity index (χ3n) is 5.21. The Balaban J connectivity index is 1.31. The van der Waals surface area contributed by atoms with E-state index in [0.29, 0.717) is 23.4 Å². The second-order valence-corrected chi connectivity index (χ2v) is 7.78. The Labute approximate surface area is 202 Å². The molecule has 3 aromatic carbocycles. The smallest absolute Gasteiger partial charge is 0.337 e. The highest BCUT2D eigenvalue weighted by Gasteiger charge is 2.11. The van der Waals surface area contributed by atoms with Crippen LogP contribution in [0.15, 0.2) is 84.0 Å². The Hall–Kier alpha value is -4.72. The molecule has 0 spiro atoms. The summed E-state index contributed by atoms with van der Waals surface area (Å²) in [5.41, 5.74) is 7.66. The van der Waals surface area contributed by atoms with Crippen LogP contribution in [0.25, 0.3) is 11.3 Å². The molecule has 1 aromatic heterocycles. The predicted octanol–water partition coefficient (Wildman–Crippen LogP) is 4.51. The Morgan fingerprint density at radius 3 is 2.40 bits per heavy atom. The van der Waals surface area contributed by atoms with Crippen molar-refractivity contribution in [1.29, 1.82) is 0 Å². The zero-order valence-corrected chi connectivity index (χ0v) is 19.3. The van der Waals surface area contributed by atoms with Crippen molar-refractivity contribution in [3.63, 3.8) is 0 Å². The van der Waals surface area contributed by atoms with E-state index in [9.17, 15) is 9.59 Å². The van der Waals surface area contributed by atoms with Crippen LogP contribution < -0.4 is 10.2 Å². The van der Waals surface area contributed by atoms with E-state index in [1.807, 2.05) is 36.4 Å². The molecular formula is C27H24N4O4. The zero-order chi connectivity index (χ0) is 24.6. The maximum Gasteiger partial charge on any atom is 0.337 e. The quantitative estimate of drug-likeness (QED) is 0.225. The lowest BCUT2D eigenvalue weighted by Gasteiger charge is -2.07. The maximum absolute atomic E-state index is 12.4. The van der Waals surface area contributed by atoms with Gasteiger partial charge in [0.1, 0.15) is 18.1 Å². The molecule has 176 valence electrons. The molecule has 0 aliphatic rings. The Morgan fingerprint density at radius 2 is 1.71 bits per heavy atom. The minimum Gasteiger partial charge on any atom is -0.489 e. The average molecular weight is 469 g/mol. The first-order valence-corrected chi connectivity index (χ1v) is 10.9. The van der Waals surface area contributed by atoms with Crippen molar-refractivity contribution in [2.75, 3.05) is 7.11 Å². The van der Waals surface area contributed by atoms with Crippen molar-refractivity contribution in [2.45, 2.75) is 13.5 Å². The summed E-state index contributed by atoms with van der Waals surface area (Å²) in [6.07, 6.45) is 1.48. The molecule has 1 amide bonds. The number of benzene rings is 3. The molecule has 8 heteroatoms. The molecule has 0 saturated heterocycles. The van der Waals surface area contributed by atoms with Gasteiger partial charge in [0.2, 0.25) is 0 Å². The van der Waals surface area contributed by atoms with E-state index >= 15 is 0 Å². The van der Waals surface area contributed by atoms with Gasteiger partial charge in [-0.1, -0.05) is 42.0 Å². The molecule has 0 fully saturated rings. The van der Waals surface area contributed by atoms with E-state index in [2.05, 4.69) is 44.5 Å². The van der Waals surface area contributed by atoms with Crippen molar-refractivity contribution in [2.24, 2.45) is 5.10 Å². The lowest BCUT2D eigenvalue weighted by atomic mass is 10.1. The van der Waals surface area contributed by atoms with E-state index in [0.717, 1.165) is 16.9 Å². The first-order valence-electron chi connectivity index (χ1n) is 10.9. The first-order chi connectivity index (χ1) is 17.0. The summed E-state index contributed by atoms with van der Waals surface area (Å²) in [6.45, 7) is 2.54. The van der Waals surface area contributed by atoms with Crippen LogP contribution in [-0.2, 0) is 11.3 Å². The van der Waals surface area contributed by atoms with Crippen LogP contribution in [0, 0.1) is 6.92 Å². The molecule has 0 aliphatic carbocycles. The van der Waals surface area contributed by atoms with E-state index in [4.69, 9.17) is 4.74 Å². The number of carbonyl (C=O) groups excluding carboxylic acids is 2. The number of hydrazone groups is 1. The molecule has 0 atom stereocenters. The van der Waals surface area contributed by atoms with Crippen LogP contribution in [0.1, 0.15) is 37.5 Å². The highest BCUT2D eigenvalue weighted by Crippen LogP contribution is 2.22. The molecule has 0 unspecified atom stereocenters. The van der Waals surface area contributed by atoms with Gasteiger partial charge in [-0.15, -0.1) is 0 Å². The van der Waals surface area contributed by atoms with E-state index in [1.54, 1.807) is 30.3 Å². The molecule has 0 saturated carbocycles. The van der Waals surface area contributed by atoms with Gasteiger partial charge in [-0.2, -0.15) is 10.2 Å². The van der Waals surface area contributed by atoms with E-state index < -0.39 is 11.9 Å². The highest BCUT2D eigenvalue weighted by atomic mass is 16.5. The number of esters is 1. The minimum atomic E-state index is -0.427. The second kappa shape index (κ2) is 10.9. The third-order valence-corrected chi connectivity index (χ3v) is 5.21. The van der Waals surface area contributed by atoms with Crippen molar-refractivity contribution in [3.05, 3.63) is 107 Å². The molecule has 1 heterocycles. The fourth-order valence-corrected chi connectivity index (χ4v) is 3.21. The number of amides is 1. The summed E-state index contributed by atoms with van der Waals surface area (Å²) in [5, 5.41) is 10.9. The van der Waals surface area contributed by atoms with Crippen molar-refractivity contribution >= 4 is 18.1 Å². The van der Waals surface area contributed by atoms with Crippen LogP contribution >= 0.6 is 0 Å². The molecule has 0 bridgehead atoms. The monoisotopic (exact) mass is 468 g/mol. The summed E-state index contributed by atoms with van der Waals surface area (Å²) in [4.78, 5) is 23.8. The average Bonchev–Trinajstić information content (AvgIpc) is 3.39. The van der Waals surface area contributed by atoms with Gasteiger partial charge < -0.3 is 9.47 Å². The van der Waals surface area contributed by atoms with Crippen LogP contribution in [-0.4, -0.2) is 35.4 Å². The summed E-state index contributed by atoms with van der Waals surface area (Å²) in [7, 11) is 1.32. The summed E-state index contributed by atoms with van der Waals surface area (Å²) in [5.74, 6) is -0.0951. The van der Waals surface area contributed by atoms with Gasteiger partial charge in [-0.25, -0.2) is 10.2 Å². The number of aromatic amines is 1. The minimum absolute atomic E-state index is 0.276. The molecule has 0 radical (unpaired) electrons. The molecule has 8 nitrogen and oxygen atoms in total. The number of ether oxygens (including phenoxy) is 2. The number of nitrogens with one attached hydrogen (secondary N) is 2. The van der Waals surface area contributed by atoms with Crippen molar-refractivity contribution in [3.8, 4) is 17.0 Å². The normalized spacial score (nSPS) is 10.8. The number of hydrogen-bond acceptors (Lipinski definition) is 6. The van der Waals surface area contributed by atoms with Gasteiger partial charge in [0.25, 0.3) is 5.91 Å². The summed E-state index contributed by atoms with van der Waals surface area (Å²) < 4.78 is 10.5. The van der Waals surface area contributed by atoms with Gasteiger partial charge in [-0.05, 0) is 60.5 Å². The lowest BCUT2D eigenvalue weighted by molar-refractivity contribution is 0.0600. The largest absolute Gasteiger partial charge is 0.489 e. The number of methoxy groups -OCH3 is 1. The fraction of sp³-hybridized carbons (Fsp3) is 0.111. The summed E-state index contributed by atoms with van der Waals surface area (Å²) in [6, 6.07) is 24.0. The second-order valence-electron chi connectivity index (χ2n) is 7.78. The zero-order valence-electron chi connectivity index (χ0n) is 19.3. The number of nitrogens with zero attached hydrogens (tertiary/aromatic N) is 2. The highest BCUT2D eigenvalue weighted by molar-refractivity contribution is 5.94. The number of aryl methyl sites for hydroxylation is 1. The van der Waals surface area contributed by atoms with Gasteiger partial charge >= 0.3 is 5.97 Å². The van der Waals surface area contributed by atoms with Gasteiger partial charge in [0.05, 0.1) is 24.6 Å². The molecule has 4 rings (SSSR count). The van der Waals surface area contributed by atoms with Gasteiger partial charge in [0, 0.05) is 5.56 Å². The van der Waals surface area contributed by atoms with Crippen LogP contribution in [0.3, 0.4) is 0 Å². The fourth-order valence-electron chi connectivity index (χ4n) is 3.21. The summed E-state index contributed by atoms with van der Waals surface area (Å²) >= 11 is 0. The number of rotatable bonds is 8. The van der Waals surface area contributed by atoms with Gasteiger partial charge in [-0.3, -0.25) is 9.89 Å². The SMILES string of the molecule is COC(=O)c1ccc(C=NNC(=O)c2cc(-c3ccc(OCc4ccc(C)cc4)cc3)n[nH]2)cc1. The van der Waals surface area contributed by atoms with Crippen molar-refractivity contribution in [1.82, 2.24) is 15.6 Å². The van der Waals surface area contributed by atoms with Gasteiger partial charge in [0.15, 0.2) is 0 Å². The van der Waals surface area contributed by atoms with E-state index in [-0.39, 0.29) is 5.69 Å². The molecule has 4 aromatic rings. The van der Waals surface area contributed by atoms with Crippen LogP contribution in [0.4, 0.5) is 0 Å². The maximum atomic E-state index is 12.4. The standard InChI is InChI=1S/C27H24N4O4/c1-18-3-5-20(6-4-18)17-35-23-13-11-21(12-14-23)24-15-25(30-29-24)26(32)31-28-16-19-7-9-22(10-8-19)27(33)34-2/h3-16H,17H2,1-2H3,(H,29,30)(H,31,32). The topological polar surface area (TPSA) is 106 Å². The third kappa shape index (κ3) is 6.20. The van der Waals surface area contributed by atoms with Crippen molar-refractivity contribution < 1.29 is 19.1 Å². The molecule has 0 aliphatic heterocycles. The number of hydrogen-bond donors (Lipinski definition) is 2. The number of carbonyl (C=O) groups is 2. The molecule has 35 heavy (non-hydrogen) atoms. The Morgan fingerprint density at radius 1 is 1.00 bits per heavy atom. The number of aromatic nitrogens is 2. The first kappa shape index (κ1) is 23.4. The lowest BCUT2D eigenvalue weighted by Crippen LogP contribution is -2.18.